The maximum atomic E-state index is 12.2. The molecule has 0 saturated carbocycles. The molecule has 1 aromatic carbocycles. The van der Waals surface area contributed by atoms with Gasteiger partial charge in [-0.15, -0.1) is 0 Å². The molecule has 0 aliphatic heterocycles. The Balaban J connectivity index is 2.63. The summed E-state index contributed by atoms with van der Waals surface area (Å²) in [6.45, 7) is 9.84. The molecule has 1 amide bonds. The molecule has 0 aliphatic rings. The van der Waals surface area contributed by atoms with Gasteiger partial charge in [0.05, 0.1) is 6.54 Å². The Morgan fingerprint density at radius 2 is 1.71 bits per heavy atom. The molecule has 0 aromatic heterocycles. The summed E-state index contributed by atoms with van der Waals surface area (Å²) in [4.78, 5) is 12.2. The van der Waals surface area contributed by atoms with E-state index in [4.69, 9.17) is 5.73 Å². The van der Waals surface area contributed by atoms with E-state index in [0.29, 0.717) is 36.4 Å². The van der Waals surface area contributed by atoms with Crippen LogP contribution >= 0.6 is 0 Å². The zero-order chi connectivity index (χ0) is 15.8. The third-order valence-electron chi connectivity index (χ3n) is 3.69. The second-order valence-electron chi connectivity index (χ2n) is 5.95. The maximum absolute atomic E-state index is 12.2. The Bertz CT molecular complexity index is 498. The van der Waals surface area contributed by atoms with E-state index in [-0.39, 0.29) is 5.91 Å². The molecule has 0 radical (unpaired) electrons. The van der Waals surface area contributed by atoms with Gasteiger partial charge in [0, 0.05) is 17.7 Å². The van der Waals surface area contributed by atoms with Gasteiger partial charge in [0.25, 0.3) is 5.91 Å². The van der Waals surface area contributed by atoms with Crippen LogP contribution in [0.3, 0.4) is 0 Å². The monoisotopic (exact) mass is 286 g/mol. The van der Waals surface area contributed by atoms with Crippen LogP contribution in [0.25, 0.3) is 0 Å². The number of amides is 1. The van der Waals surface area contributed by atoms with E-state index in [0.717, 1.165) is 5.56 Å². The third-order valence-corrected chi connectivity index (χ3v) is 3.69. The molecule has 0 spiro atoms. The number of hydrogen-bond donors (Lipinski definition) is 2. The van der Waals surface area contributed by atoms with E-state index < -0.39 is 0 Å². The summed E-state index contributed by atoms with van der Waals surface area (Å²) in [7, 11) is 0. The van der Waals surface area contributed by atoms with Crippen molar-refractivity contribution >= 4 is 5.91 Å². The highest BCUT2D eigenvalue weighted by atomic mass is 16.1. The fraction of sp³-hybridized carbons (Fsp3) is 0.500. The summed E-state index contributed by atoms with van der Waals surface area (Å²) in [5.74, 6) is 7.31. The summed E-state index contributed by atoms with van der Waals surface area (Å²) in [5.41, 5.74) is 6.87. The average Bonchev–Trinajstić information content (AvgIpc) is 2.44. The van der Waals surface area contributed by atoms with Crippen molar-refractivity contribution in [2.75, 3.05) is 13.1 Å². The lowest BCUT2D eigenvalue weighted by atomic mass is 9.85. The molecule has 21 heavy (non-hydrogen) atoms. The highest BCUT2D eigenvalue weighted by molar-refractivity contribution is 5.94. The molecule has 0 atom stereocenters. The average molecular weight is 286 g/mol. The van der Waals surface area contributed by atoms with E-state index in [2.05, 4.69) is 44.9 Å². The Morgan fingerprint density at radius 3 is 2.19 bits per heavy atom. The van der Waals surface area contributed by atoms with Crippen LogP contribution in [-0.2, 0) is 0 Å². The fourth-order valence-corrected chi connectivity index (χ4v) is 2.41. The number of benzene rings is 1. The number of carbonyl (C=O) groups excluding carboxylic acids is 1. The first kappa shape index (κ1) is 17.3. The highest BCUT2D eigenvalue weighted by Gasteiger charge is 2.18. The quantitative estimate of drug-likeness (QED) is 0.818. The van der Waals surface area contributed by atoms with Gasteiger partial charge < -0.3 is 11.1 Å². The van der Waals surface area contributed by atoms with Crippen LogP contribution in [0, 0.1) is 29.6 Å². The minimum absolute atomic E-state index is 0.0281. The van der Waals surface area contributed by atoms with Crippen LogP contribution in [0.1, 0.15) is 43.6 Å². The molecule has 0 aliphatic carbocycles. The van der Waals surface area contributed by atoms with Crippen molar-refractivity contribution in [3.05, 3.63) is 35.4 Å². The lowest BCUT2D eigenvalue weighted by Gasteiger charge is -2.25. The maximum Gasteiger partial charge on any atom is 0.251 e. The SMILES string of the molecule is CC(C)C(CNC(=O)c1ccc(C#CCN)cc1)C(C)C. The summed E-state index contributed by atoms with van der Waals surface area (Å²) in [6, 6.07) is 7.30. The van der Waals surface area contributed by atoms with E-state index in [1.54, 1.807) is 12.1 Å². The van der Waals surface area contributed by atoms with Crippen molar-refractivity contribution in [1.29, 1.82) is 0 Å². The molecule has 3 N–H and O–H groups in total. The van der Waals surface area contributed by atoms with Crippen molar-refractivity contribution in [3.8, 4) is 11.8 Å². The van der Waals surface area contributed by atoms with Gasteiger partial charge >= 0.3 is 0 Å². The van der Waals surface area contributed by atoms with Gasteiger partial charge in [0.15, 0.2) is 0 Å². The number of rotatable bonds is 5. The Kier molecular flexibility index (Phi) is 6.98. The summed E-state index contributed by atoms with van der Waals surface area (Å²) in [6.07, 6.45) is 0. The van der Waals surface area contributed by atoms with Gasteiger partial charge in [-0.25, -0.2) is 0 Å². The van der Waals surface area contributed by atoms with Gasteiger partial charge in [-0.1, -0.05) is 39.5 Å². The predicted molar refractivity (Wildman–Crippen MR) is 87.9 cm³/mol. The Labute approximate surface area is 128 Å². The van der Waals surface area contributed by atoms with Crippen LogP contribution in [0.5, 0.6) is 0 Å². The lowest BCUT2D eigenvalue weighted by Crippen LogP contribution is -2.33. The molecular weight excluding hydrogens is 260 g/mol. The normalized spacial score (nSPS) is 10.7. The molecule has 0 heterocycles. The van der Waals surface area contributed by atoms with E-state index in [1.807, 2.05) is 12.1 Å². The van der Waals surface area contributed by atoms with E-state index in [1.165, 1.54) is 0 Å². The van der Waals surface area contributed by atoms with Gasteiger partial charge in [0.1, 0.15) is 0 Å². The van der Waals surface area contributed by atoms with Crippen molar-refractivity contribution in [2.24, 2.45) is 23.5 Å². The van der Waals surface area contributed by atoms with E-state index >= 15 is 0 Å². The van der Waals surface area contributed by atoms with Crippen LogP contribution < -0.4 is 11.1 Å². The van der Waals surface area contributed by atoms with Crippen molar-refractivity contribution in [1.82, 2.24) is 5.32 Å². The van der Waals surface area contributed by atoms with Gasteiger partial charge in [-0.3, -0.25) is 4.79 Å². The van der Waals surface area contributed by atoms with Gasteiger partial charge in [0.2, 0.25) is 0 Å². The molecule has 0 fully saturated rings. The van der Waals surface area contributed by atoms with Crippen LogP contribution in [-0.4, -0.2) is 19.0 Å². The molecule has 0 unspecified atom stereocenters. The third kappa shape index (κ3) is 5.61. The number of hydrogen-bond acceptors (Lipinski definition) is 2. The summed E-state index contributed by atoms with van der Waals surface area (Å²) >= 11 is 0. The van der Waals surface area contributed by atoms with Crippen molar-refractivity contribution in [3.63, 3.8) is 0 Å². The molecule has 3 nitrogen and oxygen atoms in total. The molecular formula is C18H26N2O. The van der Waals surface area contributed by atoms with Crippen molar-refractivity contribution in [2.45, 2.75) is 27.7 Å². The van der Waals surface area contributed by atoms with Crippen molar-refractivity contribution < 1.29 is 4.79 Å². The highest BCUT2D eigenvalue weighted by Crippen LogP contribution is 2.19. The van der Waals surface area contributed by atoms with Crippen LogP contribution in [0.15, 0.2) is 24.3 Å². The van der Waals surface area contributed by atoms with Crippen LogP contribution in [0.2, 0.25) is 0 Å². The summed E-state index contributed by atoms with van der Waals surface area (Å²) in [5, 5.41) is 3.03. The molecule has 1 aromatic rings. The number of carbonyl (C=O) groups is 1. The largest absolute Gasteiger partial charge is 0.352 e. The van der Waals surface area contributed by atoms with E-state index in [9.17, 15) is 4.79 Å². The molecule has 1 rings (SSSR count). The standard InChI is InChI=1S/C18H26N2O/c1-13(2)17(14(3)4)12-20-18(21)16-9-7-15(8-10-16)6-5-11-19/h7-10,13-14,17H,11-12,19H2,1-4H3,(H,20,21). The fourth-order valence-electron chi connectivity index (χ4n) is 2.41. The van der Waals surface area contributed by atoms with Crippen LogP contribution in [0.4, 0.5) is 0 Å². The molecule has 3 heteroatoms. The Morgan fingerprint density at radius 1 is 1.14 bits per heavy atom. The first-order chi connectivity index (χ1) is 9.95. The zero-order valence-electron chi connectivity index (χ0n) is 13.4. The number of nitrogens with one attached hydrogen (secondary N) is 1. The van der Waals surface area contributed by atoms with Gasteiger partial charge in [-0.05, 0) is 42.0 Å². The molecule has 0 bridgehead atoms. The lowest BCUT2D eigenvalue weighted by molar-refractivity contribution is 0.0937. The van der Waals surface area contributed by atoms with Gasteiger partial charge in [-0.2, -0.15) is 0 Å². The topological polar surface area (TPSA) is 55.1 Å². The Hall–Kier alpha value is -1.79. The summed E-state index contributed by atoms with van der Waals surface area (Å²) < 4.78 is 0. The minimum atomic E-state index is -0.0281. The second-order valence-corrected chi connectivity index (χ2v) is 5.95. The molecule has 0 saturated heterocycles. The molecule has 114 valence electrons. The zero-order valence-corrected chi connectivity index (χ0v) is 13.4. The minimum Gasteiger partial charge on any atom is -0.352 e. The predicted octanol–water partition coefficient (Wildman–Crippen LogP) is 2.65. The first-order valence-corrected chi connectivity index (χ1v) is 7.53. The first-order valence-electron chi connectivity index (χ1n) is 7.53. The smallest absolute Gasteiger partial charge is 0.251 e. The number of nitrogens with two attached hydrogens (primary N) is 1. The second kappa shape index (κ2) is 8.49.